The molecule has 0 spiro atoms. The Bertz CT molecular complexity index is 223. The molecule has 0 radical (unpaired) electrons. The fourth-order valence-corrected chi connectivity index (χ4v) is 1.26. The predicted octanol–water partition coefficient (Wildman–Crippen LogP) is 2.27. The van der Waals surface area contributed by atoms with Crippen LogP contribution in [0.25, 0.3) is 0 Å². The van der Waals surface area contributed by atoms with E-state index in [4.69, 9.17) is 16.9 Å². The maximum Gasteiger partial charge on any atom is 0.123 e. The maximum absolute atomic E-state index is 8.28. The molecule has 0 aliphatic rings. The van der Waals surface area contributed by atoms with Crippen molar-refractivity contribution in [3.05, 3.63) is 21.3 Å². The van der Waals surface area contributed by atoms with E-state index in [-0.39, 0.29) is 0 Å². The van der Waals surface area contributed by atoms with Crippen molar-refractivity contribution in [3.63, 3.8) is 0 Å². The summed E-state index contributed by atoms with van der Waals surface area (Å²) in [4.78, 5) is 0.590. The Labute approximate surface area is 56.1 Å². The van der Waals surface area contributed by atoms with Crippen LogP contribution < -0.4 is 0 Å². The van der Waals surface area contributed by atoms with Crippen LogP contribution in [0, 0.1) is 11.3 Å². The van der Waals surface area contributed by atoms with E-state index in [1.54, 1.807) is 11.4 Å². The second-order valence-corrected chi connectivity index (χ2v) is 2.53. The van der Waals surface area contributed by atoms with Crippen LogP contribution in [0.2, 0.25) is 5.02 Å². The van der Waals surface area contributed by atoms with Gasteiger partial charge in [-0.15, -0.1) is 11.3 Å². The third-order valence-corrected chi connectivity index (χ3v) is 1.96. The lowest BCUT2D eigenvalue weighted by molar-refractivity contribution is 1.52. The van der Waals surface area contributed by atoms with E-state index in [2.05, 4.69) is 0 Å². The minimum Gasteiger partial charge on any atom is -0.191 e. The smallest absolute Gasteiger partial charge is 0.123 e. The van der Waals surface area contributed by atoms with Crippen LogP contribution in [-0.2, 0) is 0 Å². The largest absolute Gasteiger partial charge is 0.191 e. The van der Waals surface area contributed by atoms with Gasteiger partial charge in [-0.05, 0) is 11.4 Å². The monoisotopic (exact) mass is 143 g/mol. The summed E-state index contributed by atoms with van der Waals surface area (Å²) in [5.74, 6) is 0. The first kappa shape index (κ1) is 5.61. The van der Waals surface area contributed by atoms with Crippen LogP contribution in [-0.4, -0.2) is 0 Å². The number of hydrogen-bond acceptors (Lipinski definition) is 2. The molecule has 0 unspecified atom stereocenters. The molecule has 0 bridgehead atoms. The molecule has 0 aliphatic heterocycles. The van der Waals surface area contributed by atoms with Crippen molar-refractivity contribution in [2.75, 3.05) is 0 Å². The van der Waals surface area contributed by atoms with Gasteiger partial charge in [-0.3, -0.25) is 0 Å². The minimum atomic E-state index is 0.553. The zero-order valence-electron chi connectivity index (χ0n) is 3.89. The van der Waals surface area contributed by atoms with E-state index in [9.17, 15) is 0 Å². The van der Waals surface area contributed by atoms with E-state index >= 15 is 0 Å². The predicted molar refractivity (Wildman–Crippen MR) is 34.0 cm³/mol. The summed E-state index contributed by atoms with van der Waals surface area (Å²) in [7, 11) is 0. The first-order chi connectivity index (χ1) is 3.84. The van der Waals surface area contributed by atoms with Gasteiger partial charge >= 0.3 is 0 Å². The summed E-state index contributed by atoms with van der Waals surface area (Å²) in [5.41, 5.74) is 0. The van der Waals surface area contributed by atoms with Crippen molar-refractivity contribution in [2.45, 2.75) is 0 Å². The Balaban J connectivity index is 3.15. The van der Waals surface area contributed by atoms with E-state index in [0.717, 1.165) is 0 Å². The Morgan fingerprint density at radius 3 is 2.75 bits per heavy atom. The topological polar surface area (TPSA) is 23.8 Å². The summed E-state index contributed by atoms with van der Waals surface area (Å²) >= 11 is 6.88. The average Bonchev–Trinajstić information content (AvgIpc) is 2.14. The second-order valence-electron chi connectivity index (χ2n) is 1.21. The molecule has 3 heteroatoms. The summed E-state index contributed by atoms with van der Waals surface area (Å²) < 4.78 is 0. The van der Waals surface area contributed by atoms with Gasteiger partial charge in [-0.2, -0.15) is 5.26 Å². The molecule has 1 aromatic rings. The molecule has 0 aliphatic carbocycles. The number of halogens is 1. The van der Waals surface area contributed by atoms with Crippen LogP contribution in [0.15, 0.2) is 11.4 Å². The van der Waals surface area contributed by atoms with Gasteiger partial charge in [-0.25, -0.2) is 0 Å². The number of rotatable bonds is 0. The number of hydrogen-bond donors (Lipinski definition) is 0. The van der Waals surface area contributed by atoms with Gasteiger partial charge in [0.25, 0.3) is 0 Å². The zero-order valence-corrected chi connectivity index (χ0v) is 5.46. The van der Waals surface area contributed by atoms with Gasteiger partial charge in [0.2, 0.25) is 0 Å². The number of nitrogens with zero attached hydrogens (tertiary/aromatic N) is 1. The van der Waals surface area contributed by atoms with Gasteiger partial charge < -0.3 is 0 Å². The summed E-state index contributed by atoms with van der Waals surface area (Å²) in [6, 6.07) is 3.67. The standard InChI is InChI=1S/C5H2ClNS/c6-4-1-2-8-5(4)3-7/h1-2H. The molecule has 0 atom stereocenters. The Kier molecular flexibility index (Phi) is 1.52. The molecule has 0 fully saturated rings. The maximum atomic E-state index is 8.28. The van der Waals surface area contributed by atoms with Crippen LogP contribution >= 0.6 is 22.9 Å². The molecule has 1 heterocycles. The summed E-state index contributed by atoms with van der Waals surface area (Å²) in [6.45, 7) is 0. The highest BCUT2D eigenvalue weighted by Crippen LogP contribution is 2.19. The normalized spacial score (nSPS) is 8.50. The molecule has 40 valence electrons. The molecule has 1 rings (SSSR count). The molecular formula is C5H2ClNS. The van der Waals surface area contributed by atoms with Gasteiger partial charge in [0.05, 0.1) is 5.02 Å². The van der Waals surface area contributed by atoms with Gasteiger partial charge in [0, 0.05) is 0 Å². The van der Waals surface area contributed by atoms with Crippen LogP contribution in [0.3, 0.4) is 0 Å². The van der Waals surface area contributed by atoms with Gasteiger partial charge in [0.15, 0.2) is 0 Å². The lowest BCUT2D eigenvalue weighted by Gasteiger charge is -1.73. The highest BCUT2D eigenvalue weighted by Gasteiger charge is 1.96. The van der Waals surface area contributed by atoms with Crippen molar-refractivity contribution in [1.29, 1.82) is 5.26 Å². The third-order valence-electron chi connectivity index (χ3n) is 0.719. The van der Waals surface area contributed by atoms with Crippen LogP contribution in [0.4, 0.5) is 0 Å². The van der Waals surface area contributed by atoms with Crippen molar-refractivity contribution in [2.24, 2.45) is 0 Å². The Morgan fingerprint density at radius 2 is 2.50 bits per heavy atom. The first-order valence-corrected chi connectivity index (χ1v) is 3.23. The van der Waals surface area contributed by atoms with E-state index in [0.29, 0.717) is 9.90 Å². The second kappa shape index (κ2) is 2.17. The molecule has 1 aromatic heterocycles. The molecule has 1 nitrogen and oxygen atoms in total. The minimum absolute atomic E-state index is 0.553. The fraction of sp³-hybridized carbons (Fsp3) is 0. The lowest BCUT2D eigenvalue weighted by atomic mass is 10.5. The highest BCUT2D eigenvalue weighted by molar-refractivity contribution is 7.11. The van der Waals surface area contributed by atoms with Crippen molar-refractivity contribution < 1.29 is 0 Å². The van der Waals surface area contributed by atoms with Crippen LogP contribution in [0.5, 0.6) is 0 Å². The SMILES string of the molecule is N#Cc1sccc1Cl. The summed E-state index contributed by atoms with van der Waals surface area (Å²) in [5, 5.41) is 10.6. The number of thiophene rings is 1. The van der Waals surface area contributed by atoms with E-state index < -0.39 is 0 Å². The average molecular weight is 144 g/mol. The van der Waals surface area contributed by atoms with Crippen molar-refractivity contribution >= 4 is 22.9 Å². The molecule has 0 aromatic carbocycles. The Morgan fingerprint density at radius 1 is 1.75 bits per heavy atom. The van der Waals surface area contributed by atoms with Gasteiger partial charge in [-0.1, -0.05) is 11.6 Å². The highest BCUT2D eigenvalue weighted by atomic mass is 35.5. The van der Waals surface area contributed by atoms with Crippen molar-refractivity contribution in [3.8, 4) is 6.07 Å². The fourth-order valence-electron chi connectivity index (χ4n) is 0.374. The van der Waals surface area contributed by atoms with Crippen molar-refractivity contribution in [1.82, 2.24) is 0 Å². The molecule has 8 heavy (non-hydrogen) atoms. The van der Waals surface area contributed by atoms with E-state index in [1.807, 2.05) is 6.07 Å². The Hall–Kier alpha value is -0.520. The lowest BCUT2D eigenvalue weighted by Crippen LogP contribution is -1.57. The van der Waals surface area contributed by atoms with E-state index in [1.165, 1.54) is 11.3 Å². The zero-order chi connectivity index (χ0) is 5.98. The molecule has 0 saturated heterocycles. The molecule has 0 N–H and O–H groups in total. The molecular weight excluding hydrogens is 142 g/mol. The third kappa shape index (κ3) is 0.835. The van der Waals surface area contributed by atoms with Crippen LogP contribution in [0.1, 0.15) is 4.88 Å². The molecule has 0 saturated carbocycles. The quantitative estimate of drug-likeness (QED) is 0.547. The molecule has 0 amide bonds. The van der Waals surface area contributed by atoms with Gasteiger partial charge in [0.1, 0.15) is 10.9 Å². The summed E-state index contributed by atoms with van der Waals surface area (Å²) in [6.07, 6.45) is 0. The first-order valence-electron chi connectivity index (χ1n) is 1.97. The number of nitriles is 1.